The van der Waals surface area contributed by atoms with Gasteiger partial charge in [-0.15, -0.1) is 0 Å². The first kappa shape index (κ1) is 11.3. The van der Waals surface area contributed by atoms with Crippen molar-refractivity contribution in [3.63, 3.8) is 0 Å². The van der Waals surface area contributed by atoms with E-state index in [9.17, 15) is 10.0 Å². The highest BCUT2D eigenvalue weighted by molar-refractivity contribution is 6.58. The Morgan fingerprint density at radius 1 is 0.824 bits per heavy atom. The highest BCUT2D eigenvalue weighted by Gasteiger charge is 2.26. The van der Waals surface area contributed by atoms with E-state index in [-0.39, 0.29) is 0 Å². The van der Waals surface area contributed by atoms with Crippen LogP contribution in [-0.4, -0.2) is 17.2 Å². The van der Waals surface area contributed by atoms with Gasteiger partial charge in [0.1, 0.15) is 0 Å². The van der Waals surface area contributed by atoms with Crippen molar-refractivity contribution in [1.82, 2.24) is 0 Å². The monoisotopic (exact) mass is 230 g/mol. The minimum absolute atomic E-state index is 0.660. The van der Waals surface area contributed by atoms with Crippen molar-refractivity contribution in [2.24, 2.45) is 0 Å². The molecule has 90 valence electrons. The smallest absolute Gasteiger partial charge is 0.423 e. The van der Waals surface area contributed by atoms with E-state index in [2.05, 4.69) is 6.07 Å². The molecule has 2 nitrogen and oxygen atoms in total. The fourth-order valence-corrected chi connectivity index (χ4v) is 2.81. The van der Waals surface area contributed by atoms with Crippen LogP contribution in [0.1, 0.15) is 61.5 Å². The SMILES string of the molecule is OB(O)c1cc(C2CCC2)cc(C2CCC2)c1. The molecule has 3 rings (SSSR count). The van der Waals surface area contributed by atoms with Crippen molar-refractivity contribution >= 4 is 12.6 Å². The largest absolute Gasteiger partial charge is 0.488 e. The van der Waals surface area contributed by atoms with E-state index < -0.39 is 7.12 Å². The van der Waals surface area contributed by atoms with Gasteiger partial charge in [-0.05, 0) is 54.1 Å². The predicted molar refractivity (Wildman–Crippen MR) is 69.5 cm³/mol. The van der Waals surface area contributed by atoms with Gasteiger partial charge in [0.15, 0.2) is 0 Å². The molecule has 0 unspecified atom stereocenters. The van der Waals surface area contributed by atoms with Crippen molar-refractivity contribution in [1.29, 1.82) is 0 Å². The second-order valence-corrected chi connectivity index (χ2v) is 5.56. The maximum Gasteiger partial charge on any atom is 0.488 e. The van der Waals surface area contributed by atoms with E-state index in [1.165, 1.54) is 49.7 Å². The van der Waals surface area contributed by atoms with E-state index >= 15 is 0 Å². The van der Waals surface area contributed by atoms with Gasteiger partial charge in [-0.25, -0.2) is 0 Å². The van der Waals surface area contributed by atoms with Gasteiger partial charge in [0.25, 0.3) is 0 Å². The first-order valence-corrected chi connectivity index (χ1v) is 6.75. The Labute approximate surface area is 103 Å². The molecule has 2 N–H and O–H groups in total. The molecule has 0 radical (unpaired) electrons. The molecule has 0 heterocycles. The zero-order valence-electron chi connectivity index (χ0n) is 10.1. The highest BCUT2D eigenvalue weighted by atomic mass is 16.4. The van der Waals surface area contributed by atoms with E-state index in [0.717, 1.165) is 0 Å². The zero-order chi connectivity index (χ0) is 11.8. The summed E-state index contributed by atoms with van der Waals surface area (Å²) < 4.78 is 0. The molecule has 0 bridgehead atoms. The summed E-state index contributed by atoms with van der Waals surface area (Å²) in [5.41, 5.74) is 3.32. The second-order valence-electron chi connectivity index (χ2n) is 5.56. The third-order valence-electron chi connectivity index (χ3n) is 4.45. The summed E-state index contributed by atoms with van der Waals surface area (Å²) in [7, 11) is -1.33. The topological polar surface area (TPSA) is 40.5 Å². The van der Waals surface area contributed by atoms with Crippen molar-refractivity contribution in [2.75, 3.05) is 0 Å². The average molecular weight is 230 g/mol. The summed E-state index contributed by atoms with van der Waals surface area (Å²) in [6.07, 6.45) is 7.67. The molecular formula is C14H19BO2. The molecule has 2 fully saturated rings. The van der Waals surface area contributed by atoms with Crippen LogP contribution in [0.5, 0.6) is 0 Å². The molecule has 1 aromatic rings. The van der Waals surface area contributed by atoms with Crippen LogP contribution in [0.25, 0.3) is 0 Å². The molecule has 17 heavy (non-hydrogen) atoms. The third-order valence-corrected chi connectivity index (χ3v) is 4.45. The minimum Gasteiger partial charge on any atom is -0.423 e. The number of hydrogen-bond acceptors (Lipinski definition) is 2. The Hall–Kier alpha value is -0.795. The Morgan fingerprint density at radius 3 is 1.59 bits per heavy atom. The van der Waals surface area contributed by atoms with Crippen LogP contribution in [0.3, 0.4) is 0 Å². The molecule has 2 aliphatic carbocycles. The van der Waals surface area contributed by atoms with E-state index in [1.54, 1.807) is 0 Å². The normalized spacial score (nSPS) is 20.8. The van der Waals surface area contributed by atoms with Crippen molar-refractivity contribution in [2.45, 2.75) is 50.4 Å². The van der Waals surface area contributed by atoms with Gasteiger partial charge in [-0.3, -0.25) is 0 Å². The number of benzene rings is 1. The number of rotatable bonds is 3. The molecule has 2 aliphatic rings. The summed E-state index contributed by atoms with van der Waals surface area (Å²) in [6.45, 7) is 0. The Morgan fingerprint density at radius 2 is 1.29 bits per heavy atom. The first-order valence-electron chi connectivity index (χ1n) is 6.75. The van der Waals surface area contributed by atoms with Gasteiger partial charge in [0, 0.05) is 0 Å². The van der Waals surface area contributed by atoms with Crippen LogP contribution in [-0.2, 0) is 0 Å². The summed E-state index contributed by atoms with van der Waals surface area (Å²) in [6, 6.07) is 6.27. The van der Waals surface area contributed by atoms with E-state index in [1.807, 2.05) is 12.1 Å². The molecule has 0 amide bonds. The lowest BCUT2D eigenvalue weighted by Gasteiger charge is -2.30. The Kier molecular flexibility index (Phi) is 2.97. The van der Waals surface area contributed by atoms with Crippen molar-refractivity contribution < 1.29 is 10.0 Å². The molecule has 0 atom stereocenters. The highest BCUT2D eigenvalue weighted by Crippen LogP contribution is 2.40. The zero-order valence-corrected chi connectivity index (χ0v) is 10.1. The Balaban J connectivity index is 1.93. The number of hydrogen-bond donors (Lipinski definition) is 2. The maximum absolute atomic E-state index is 9.37. The van der Waals surface area contributed by atoms with Crippen LogP contribution in [0, 0.1) is 0 Å². The molecule has 1 aromatic carbocycles. The third kappa shape index (κ3) is 2.14. The lowest BCUT2D eigenvalue weighted by atomic mass is 9.70. The molecular weight excluding hydrogens is 211 g/mol. The standard InChI is InChI=1S/C14H19BO2/c16-15(17)14-8-12(10-3-1-4-10)7-13(9-14)11-5-2-6-11/h7-11,16-17H,1-6H2. The molecule has 0 aromatic heterocycles. The minimum atomic E-state index is -1.33. The van der Waals surface area contributed by atoms with Crippen LogP contribution >= 0.6 is 0 Å². The lowest BCUT2D eigenvalue weighted by molar-refractivity contribution is 0.408. The summed E-state index contributed by atoms with van der Waals surface area (Å²) in [4.78, 5) is 0. The van der Waals surface area contributed by atoms with Gasteiger partial charge in [-0.1, -0.05) is 31.0 Å². The molecule has 0 aliphatic heterocycles. The second kappa shape index (κ2) is 4.47. The van der Waals surface area contributed by atoms with E-state index in [4.69, 9.17) is 0 Å². The molecule has 0 saturated heterocycles. The van der Waals surface area contributed by atoms with Crippen LogP contribution in [0.2, 0.25) is 0 Å². The Bertz CT molecular complexity index is 376. The fourth-order valence-electron chi connectivity index (χ4n) is 2.81. The molecule has 3 heteroatoms. The van der Waals surface area contributed by atoms with Crippen LogP contribution in [0.15, 0.2) is 18.2 Å². The van der Waals surface area contributed by atoms with Crippen LogP contribution in [0.4, 0.5) is 0 Å². The van der Waals surface area contributed by atoms with Crippen molar-refractivity contribution in [3.8, 4) is 0 Å². The van der Waals surface area contributed by atoms with E-state index in [0.29, 0.717) is 17.3 Å². The van der Waals surface area contributed by atoms with Gasteiger partial charge >= 0.3 is 7.12 Å². The summed E-state index contributed by atoms with van der Waals surface area (Å²) >= 11 is 0. The van der Waals surface area contributed by atoms with Gasteiger partial charge in [0.2, 0.25) is 0 Å². The fraction of sp³-hybridized carbons (Fsp3) is 0.571. The van der Waals surface area contributed by atoms with Gasteiger partial charge in [0.05, 0.1) is 0 Å². The lowest BCUT2D eigenvalue weighted by Crippen LogP contribution is -2.31. The maximum atomic E-state index is 9.37. The first-order chi connectivity index (χ1) is 8.24. The quantitative estimate of drug-likeness (QED) is 0.778. The summed E-state index contributed by atoms with van der Waals surface area (Å²) in [5, 5.41) is 18.7. The van der Waals surface area contributed by atoms with Gasteiger partial charge in [-0.2, -0.15) is 0 Å². The summed E-state index contributed by atoms with van der Waals surface area (Å²) in [5.74, 6) is 1.32. The van der Waals surface area contributed by atoms with Crippen molar-refractivity contribution in [3.05, 3.63) is 29.3 Å². The molecule has 0 spiro atoms. The predicted octanol–water partition coefficient (Wildman–Crippen LogP) is 1.90. The van der Waals surface area contributed by atoms with Crippen LogP contribution < -0.4 is 5.46 Å². The average Bonchev–Trinajstić information content (AvgIpc) is 2.11. The molecule has 2 saturated carbocycles. The van der Waals surface area contributed by atoms with Gasteiger partial charge < -0.3 is 10.0 Å².